The molecule has 2 aromatic rings. The third kappa shape index (κ3) is 3.40. The number of nitro groups is 1. The van der Waals surface area contributed by atoms with E-state index in [2.05, 4.69) is 4.72 Å². The van der Waals surface area contributed by atoms with Crippen LogP contribution in [0.3, 0.4) is 0 Å². The first-order valence-electron chi connectivity index (χ1n) is 7.24. The van der Waals surface area contributed by atoms with Gasteiger partial charge in [-0.15, -0.1) is 0 Å². The van der Waals surface area contributed by atoms with Crippen LogP contribution >= 0.6 is 0 Å². The Hall–Kier alpha value is -2.25. The van der Waals surface area contributed by atoms with Gasteiger partial charge in [-0.1, -0.05) is 29.8 Å². The maximum absolute atomic E-state index is 12.2. The van der Waals surface area contributed by atoms with Crippen LogP contribution in [0.2, 0.25) is 0 Å². The van der Waals surface area contributed by atoms with Gasteiger partial charge in [-0.25, -0.2) is 13.1 Å². The maximum atomic E-state index is 12.2. The molecule has 0 radical (unpaired) electrons. The molecule has 1 aliphatic carbocycles. The molecule has 0 unspecified atom stereocenters. The zero-order valence-corrected chi connectivity index (χ0v) is 13.3. The summed E-state index contributed by atoms with van der Waals surface area (Å²) in [6, 6.07) is 11.3. The Morgan fingerprint density at radius 1 is 1.17 bits per heavy atom. The minimum atomic E-state index is -3.71. The lowest BCUT2D eigenvalue weighted by atomic mass is 10.0. The molecule has 0 bridgehead atoms. The van der Waals surface area contributed by atoms with E-state index in [0.717, 1.165) is 24.5 Å². The van der Waals surface area contributed by atoms with Crippen molar-refractivity contribution in [2.75, 3.05) is 0 Å². The fraction of sp³-hybridized carbons (Fsp3) is 0.250. The van der Waals surface area contributed by atoms with Crippen molar-refractivity contribution in [3.63, 3.8) is 0 Å². The number of hydrogen-bond donors (Lipinski definition) is 1. The molecule has 0 aromatic heterocycles. The van der Waals surface area contributed by atoms with Crippen molar-refractivity contribution < 1.29 is 13.3 Å². The first-order chi connectivity index (χ1) is 10.9. The van der Waals surface area contributed by atoms with E-state index in [1.807, 2.05) is 25.1 Å². The Labute approximate surface area is 134 Å². The predicted molar refractivity (Wildman–Crippen MR) is 86.6 cm³/mol. The highest BCUT2D eigenvalue weighted by Gasteiger charge is 2.29. The summed E-state index contributed by atoms with van der Waals surface area (Å²) in [5, 5.41) is 11.4. The second-order valence-corrected chi connectivity index (χ2v) is 7.42. The van der Waals surface area contributed by atoms with Crippen LogP contribution in [0.15, 0.2) is 47.4 Å². The summed E-state index contributed by atoms with van der Waals surface area (Å²) in [5.41, 5.74) is 1.86. The second-order valence-electron chi connectivity index (χ2n) is 5.70. The molecule has 1 aliphatic rings. The number of nitrogens with zero attached hydrogens (tertiary/aromatic N) is 1. The van der Waals surface area contributed by atoms with Gasteiger partial charge in [0.05, 0.1) is 15.4 Å². The number of nitrogens with one attached hydrogen (secondary N) is 1. The van der Waals surface area contributed by atoms with Crippen LogP contribution in [0.5, 0.6) is 0 Å². The molecule has 0 heterocycles. The smallest absolute Gasteiger partial charge is 0.258 e. The average molecular weight is 332 g/mol. The van der Waals surface area contributed by atoms with E-state index >= 15 is 0 Å². The summed E-state index contributed by atoms with van der Waals surface area (Å²) in [6.45, 7) is 1.90. The van der Waals surface area contributed by atoms with E-state index in [4.69, 9.17) is 0 Å². The Kier molecular flexibility index (Phi) is 3.91. The molecular formula is C16H16N2O4S. The Balaban J connectivity index is 2.07. The van der Waals surface area contributed by atoms with E-state index < -0.39 is 14.9 Å². The van der Waals surface area contributed by atoms with Crippen LogP contribution in [0.4, 0.5) is 5.69 Å². The molecule has 0 amide bonds. The Morgan fingerprint density at radius 2 is 1.91 bits per heavy atom. The lowest BCUT2D eigenvalue weighted by Crippen LogP contribution is -2.25. The number of rotatable bonds is 5. The Bertz CT molecular complexity index is 873. The summed E-state index contributed by atoms with van der Waals surface area (Å²) in [6.07, 6.45) is 1.62. The monoisotopic (exact) mass is 332 g/mol. The highest BCUT2D eigenvalue weighted by Crippen LogP contribution is 2.33. The van der Waals surface area contributed by atoms with E-state index in [1.165, 1.54) is 12.1 Å². The van der Waals surface area contributed by atoms with Gasteiger partial charge in [0.2, 0.25) is 10.0 Å². The molecule has 7 heteroatoms. The van der Waals surface area contributed by atoms with Gasteiger partial charge in [0.25, 0.3) is 5.69 Å². The molecule has 0 atom stereocenters. The summed E-state index contributed by atoms with van der Waals surface area (Å²) >= 11 is 0. The van der Waals surface area contributed by atoms with Crippen molar-refractivity contribution in [2.45, 2.75) is 30.7 Å². The molecule has 6 nitrogen and oxygen atoms in total. The topological polar surface area (TPSA) is 89.3 Å². The molecular weight excluding hydrogens is 316 g/mol. The zero-order chi connectivity index (χ0) is 16.6. The second kappa shape index (κ2) is 5.75. The first-order valence-corrected chi connectivity index (χ1v) is 8.73. The van der Waals surface area contributed by atoms with Crippen LogP contribution < -0.4 is 4.72 Å². The van der Waals surface area contributed by atoms with Gasteiger partial charge >= 0.3 is 0 Å². The molecule has 1 saturated carbocycles. The van der Waals surface area contributed by atoms with Crippen molar-refractivity contribution in [1.29, 1.82) is 0 Å². The van der Waals surface area contributed by atoms with E-state index in [1.54, 1.807) is 6.07 Å². The fourth-order valence-corrected chi connectivity index (χ4v) is 3.70. The Morgan fingerprint density at radius 3 is 2.52 bits per heavy atom. The van der Waals surface area contributed by atoms with Crippen molar-refractivity contribution in [3.05, 3.63) is 58.1 Å². The molecule has 120 valence electrons. The molecule has 0 spiro atoms. The largest absolute Gasteiger partial charge is 0.278 e. The molecule has 0 aliphatic heterocycles. The van der Waals surface area contributed by atoms with Crippen LogP contribution in [0.25, 0.3) is 11.1 Å². The van der Waals surface area contributed by atoms with Crippen molar-refractivity contribution in [1.82, 2.24) is 4.72 Å². The summed E-state index contributed by atoms with van der Waals surface area (Å²) in [4.78, 5) is 10.8. The summed E-state index contributed by atoms with van der Waals surface area (Å²) in [5.74, 6) is 0. The minimum Gasteiger partial charge on any atom is -0.258 e. The van der Waals surface area contributed by atoms with Crippen LogP contribution in [-0.4, -0.2) is 19.4 Å². The SMILES string of the molecule is Cc1cccc(-c2ccc(S(=O)(=O)NC3CC3)cc2[N+](=O)[O-])c1. The van der Waals surface area contributed by atoms with Crippen LogP contribution in [0.1, 0.15) is 18.4 Å². The third-order valence-electron chi connectivity index (χ3n) is 3.70. The zero-order valence-electron chi connectivity index (χ0n) is 12.5. The normalized spacial score (nSPS) is 14.7. The van der Waals surface area contributed by atoms with Gasteiger partial charge < -0.3 is 0 Å². The van der Waals surface area contributed by atoms with E-state index in [0.29, 0.717) is 11.1 Å². The highest BCUT2D eigenvalue weighted by atomic mass is 32.2. The number of aryl methyl sites for hydroxylation is 1. The van der Waals surface area contributed by atoms with Gasteiger partial charge in [0, 0.05) is 12.1 Å². The number of sulfonamides is 1. The molecule has 1 fully saturated rings. The van der Waals surface area contributed by atoms with Gasteiger partial charge in [0.15, 0.2) is 0 Å². The fourth-order valence-electron chi connectivity index (χ4n) is 2.38. The molecule has 23 heavy (non-hydrogen) atoms. The first kappa shape index (κ1) is 15.6. The van der Waals surface area contributed by atoms with Crippen molar-refractivity contribution in [3.8, 4) is 11.1 Å². The van der Waals surface area contributed by atoms with Crippen LogP contribution in [-0.2, 0) is 10.0 Å². The molecule has 3 rings (SSSR count). The molecule has 0 saturated heterocycles. The van der Waals surface area contributed by atoms with Gasteiger partial charge in [-0.2, -0.15) is 0 Å². The van der Waals surface area contributed by atoms with E-state index in [-0.39, 0.29) is 16.6 Å². The van der Waals surface area contributed by atoms with Gasteiger partial charge in [0.1, 0.15) is 0 Å². The lowest BCUT2D eigenvalue weighted by molar-refractivity contribution is -0.384. The number of hydrogen-bond acceptors (Lipinski definition) is 4. The molecule has 1 N–H and O–H groups in total. The van der Waals surface area contributed by atoms with E-state index in [9.17, 15) is 18.5 Å². The summed E-state index contributed by atoms with van der Waals surface area (Å²) < 4.78 is 27.0. The van der Waals surface area contributed by atoms with Crippen molar-refractivity contribution in [2.24, 2.45) is 0 Å². The number of benzene rings is 2. The van der Waals surface area contributed by atoms with Crippen molar-refractivity contribution >= 4 is 15.7 Å². The van der Waals surface area contributed by atoms with Crippen LogP contribution in [0, 0.1) is 17.0 Å². The average Bonchev–Trinajstić information content (AvgIpc) is 3.30. The minimum absolute atomic E-state index is 0.0458. The highest BCUT2D eigenvalue weighted by molar-refractivity contribution is 7.89. The predicted octanol–water partition coefficient (Wildman–Crippen LogP) is 3.01. The third-order valence-corrected chi connectivity index (χ3v) is 5.22. The quantitative estimate of drug-likeness (QED) is 0.673. The van der Waals surface area contributed by atoms with Gasteiger partial charge in [-0.05, 0) is 37.5 Å². The molecule has 2 aromatic carbocycles. The van der Waals surface area contributed by atoms with Gasteiger partial charge in [-0.3, -0.25) is 10.1 Å². The summed E-state index contributed by atoms with van der Waals surface area (Å²) in [7, 11) is -3.71. The number of nitro benzene ring substituents is 1. The standard InChI is InChI=1S/C16H16N2O4S/c1-11-3-2-4-12(9-11)15-8-7-14(10-16(15)18(19)20)23(21,22)17-13-5-6-13/h2-4,7-10,13,17H,5-6H2,1H3. The maximum Gasteiger partial charge on any atom is 0.278 e. The lowest BCUT2D eigenvalue weighted by Gasteiger charge is -2.08.